The van der Waals surface area contributed by atoms with E-state index in [1.165, 1.54) is 5.57 Å². The Labute approximate surface area is 152 Å². The molecular formula is C19H29IO3. The molecule has 0 saturated heterocycles. The molecular weight excluding hydrogens is 403 g/mol. The second-order valence-corrected chi connectivity index (χ2v) is 10.6. The Morgan fingerprint density at radius 3 is 2.57 bits per heavy atom. The molecule has 3 fully saturated rings. The molecule has 0 aromatic rings. The summed E-state index contributed by atoms with van der Waals surface area (Å²) in [5.74, 6) is 1.18. The van der Waals surface area contributed by atoms with Gasteiger partial charge in [-0.2, -0.15) is 0 Å². The van der Waals surface area contributed by atoms with E-state index in [1.54, 1.807) is 0 Å². The Hall–Kier alpha value is 0.350. The molecule has 0 bridgehead atoms. The van der Waals surface area contributed by atoms with Crippen molar-refractivity contribution in [1.82, 2.24) is 0 Å². The van der Waals surface area contributed by atoms with Crippen molar-refractivity contribution < 1.29 is 15.3 Å². The van der Waals surface area contributed by atoms with E-state index < -0.39 is 6.10 Å². The van der Waals surface area contributed by atoms with Gasteiger partial charge in [0.1, 0.15) is 0 Å². The first kappa shape index (κ1) is 16.8. The number of aliphatic hydroxyl groups is 3. The van der Waals surface area contributed by atoms with Crippen LogP contribution >= 0.6 is 22.6 Å². The van der Waals surface area contributed by atoms with Crippen LogP contribution in [0.2, 0.25) is 0 Å². The predicted molar refractivity (Wildman–Crippen MR) is 98.3 cm³/mol. The van der Waals surface area contributed by atoms with Crippen LogP contribution in [0.25, 0.3) is 0 Å². The van der Waals surface area contributed by atoms with E-state index >= 15 is 0 Å². The first-order chi connectivity index (χ1) is 10.8. The highest BCUT2D eigenvalue weighted by atomic mass is 127. The van der Waals surface area contributed by atoms with Crippen molar-refractivity contribution in [2.24, 2.45) is 28.6 Å². The highest BCUT2D eigenvalue weighted by Crippen LogP contribution is 2.65. The van der Waals surface area contributed by atoms with Gasteiger partial charge in [-0.3, -0.25) is 0 Å². The minimum absolute atomic E-state index is 0.0378. The third-order valence-electron chi connectivity index (χ3n) is 8.04. The number of hydrogen-bond donors (Lipinski definition) is 3. The molecule has 3 saturated carbocycles. The molecule has 4 rings (SSSR count). The minimum atomic E-state index is -0.410. The largest absolute Gasteiger partial charge is 0.393 e. The van der Waals surface area contributed by atoms with Gasteiger partial charge in [0.15, 0.2) is 0 Å². The van der Waals surface area contributed by atoms with Gasteiger partial charge in [0.25, 0.3) is 0 Å². The fourth-order valence-corrected chi connectivity index (χ4v) is 7.95. The van der Waals surface area contributed by atoms with Gasteiger partial charge in [-0.1, -0.05) is 48.1 Å². The number of aliphatic hydroxyl groups excluding tert-OH is 3. The highest BCUT2D eigenvalue weighted by molar-refractivity contribution is 14.1. The van der Waals surface area contributed by atoms with Crippen molar-refractivity contribution in [1.29, 1.82) is 0 Å². The minimum Gasteiger partial charge on any atom is -0.393 e. The van der Waals surface area contributed by atoms with E-state index in [1.807, 2.05) is 0 Å². The van der Waals surface area contributed by atoms with Gasteiger partial charge >= 0.3 is 0 Å². The summed E-state index contributed by atoms with van der Waals surface area (Å²) < 4.78 is 0.305. The summed E-state index contributed by atoms with van der Waals surface area (Å²) in [7, 11) is 0. The fourth-order valence-electron chi connectivity index (χ4n) is 6.58. The zero-order chi connectivity index (χ0) is 16.6. The Morgan fingerprint density at radius 2 is 1.83 bits per heavy atom. The molecule has 4 aliphatic carbocycles. The van der Waals surface area contributed by atoms with Crippen LogP contribution in [-0.4, -0.2) is 37.6 Å². The van der Waals surface area contributed by atoms with E-state index in [-0.39, 0.29) is 29.0 Å². The van der Waals surface area contributed by atoms with E-state index in [9.17, 15) is 15.3 Å². The molecule has 0 spiro atoms. The van der Waals surface area contributed by atoms with Gasteiger partial charge in [-0.15, -0.1) is 0 Å². The van der Waals surface area contributed by atoms with Crippen molar-refractivity contribution in [3.05, 3.63) is 11.6 Å². The third kappa shape index (κ3) is 2.24. The molecule has 3 nitrogen and oxygen atoms in total. The quantitative estimate of drug-likeness (QED) is 0.313. The Bertz CT molecular complexity index is 535. The Kier molecular flexibility index (Phi) is 3.96. The number of hydrogen-bond acceptors (Lipinski definition) is 3. The summed E-state index contributed by atoms with van der Waals surface area (Å²) in [6, 6.07) is 0. The van der Waals surface area contributed by atoms with Gasteiger partial charge in [-0.05, 0) is 67.1 Å². The van der Waals surface area contributed by atoms with Gasteiger partial charge in [0.05, 0.1) is 18.3 Å². The maximum atomic E-state index is 10.9. The summed E-state index contributed by atoms with van der Waals surface area (Å²) in [6.45, 7) is 4.61. The number of halogens is 1. The van der Waals surface area contributed by atoms with Crippen molar-refractivity contribution in [2.45, 2.75) is 74.6 Å². The maximum Gasteiger partial charge on any atom is 0.0757 e. The van der Waals surface area contributed by atoms with Crippen LogP contribution in [0.4, 0.5) is 0 Å². The average Bonchev–Trinajstić information content (AvgIpc) is 2.73. The molecule has 0 heterocycles. The van der Waals surface area contributed by atoms with Crippen LogP contribution in [0.1, 0.15) is 52.4 Å². The summed E-state index contributed by atoms with van der Waals surface area (Å²) in [5.41, 5.74) is 1.39. The van der Waals surface area contributed by atoms with Crippen LogP contribution in [0.3, 0.4) is 0 Å². The molecule has 0 unspecified atom stereocenters. The van der Waals surface area contributed by atoms with Crippen LogP contribution in [0, 0.1) is 28.6 Å². The third-order valence-corrected chi connectivity index (χ3v) is 9.23. The second kappa shape index (κ2) is 5.42. The lowest BCUT2D eigenvalue weighted by molar-refractivity contribution is -0.105. The monoisotopic (exact) mass is 432 g/mol. The standard InChI is InChI=1S/C19H29IO3/c1-18-5-3-11(21)7-10(18)8-15(22)16-12(18)4-6-19(2)13(16)9-14(20)17(19)23/h8,11-17,21-23H,3-7,9H2,1-2H3/t11-,12-,13-,14+,15-,16+,17-,18-,19-/m0/s1. The number of alkyl halides is 1. The van der Waals surface area contributed by atoms with Gasteiger partial charge in [-0.25, -0.2) is 0 Å². The second-order valence-electron chi connectivity index (χ2n) is 9.03. The zero-order valence-corrected chi connectivity index (χ0v) is 16.2. The smallest absolute Gasteiger partial charge is 0.0757 e. The zero-order valence-electron chi connectivity index (χ0n) is 14.1. The van der Waals surface area contributed by atoms with Crippen LogP contribution in [0.5, 0.6) is 0 Å². The van der Waals surface area contributed by atoms with Crippen molar-refractivity contribution in [3.8, 4) is 0 Å². The van der Waals surface area contributed by atoms with Crippen molar-refractivity contribution in [2.75, 3.05) is 0 Å². The lowest BCUT2D eigenvalue weighted by atomic mass is 9.47. The topological polar surface area (TPSA) is 60.7 Å². The lowest BCUT2D eigenvalue weighted by Gasteiger charge is -2.58. The predicted octanol–water partition coefficient (Wildman–Crippen LogP) is 3.06. The first-order valence-corrected chi connectivity index (χ1v) is 10.4. The van der Waals surface area contributed by atoms with E-state index in [0.29, 0.717) is 15.8 Å². The van der Waals surface area contributed by atoms with Crippen LogP contribution in [0.15, 0.2) is 11.6 Å². The van der Waals surface area contributed by atoms with E-state index in [4.69, 9.17) is 0 Å². The average molecular weight is 432 g/mol. The molecule has 4 heteroatoms. The lowest BCUT2D eigenvalue weighted by Crippen LogP contribution is -2.55. The normalized spacial score (nSPS) is 58.9. The molecule has 23 heavy (non-hydrogen) atoms. The molecule has 3 N–H and O–H groups in total. The maximum absolute atomic E-state index is 10.9. The first-order valence-electron chi connectivity index (χ1n) is 9.17. The summed E-state index contributed by atoms with van der Waals surface area (Å²) in [6.07, 6.45) is 7.02. The summed E-state index contributed by atoms with van der Waals surface area (Å²) >= 11 is 2.41. The molecule has 0 aromatic heterocycles. The molecule has 0 aromatic carbocycles. The SMILES string of the molecule is C[C@]12CC[C@H]3[C@@H]([C@@H](O)C=C4C[C@@H](O)CC[C@@]43C)[C@@H]1C[C@@H](I)[C@@H]2O. The van der Waals surface area contributed by atoms with Gasteiger partial charge in [0, 0.05) is 3.92 Å². The van der Waals surface area contributed by atoms with E-state index in [2.05, 4.69) is 42.5 Å². The Morgan fingerprint density at radius 1 is 1.09 bits per heavy atom. The van der Waals surface area contributed by atoms with Gasteiger partial charge in [0.2, 0.25) is 0 Å². The van der Waals surface area contributed by atoms with Crippen LogP contribution < -0.4 is 0 Å². The molecule has 0 amide bonds. The molecule has 9 atom stereocenters. The van der Waals surface area contributed by atoms with Gasteiger partial charge < -0.3 is 15.3 Å². The number of fused-ring (bicyclic) bond motifs is 5. The molecule has 0 aliphatic heterocycles. The molecule has 0 radical (unpaired) electrons. The number of rotatable bonds is 0. The highest BCUT2D eigenvalue weighted by Gasteiger charge is 2.62. The molecule has 4 aliphatic rings. The van der Waals surface area contributed by atoms with Crippen molar-refractivity contribution in [3.63, 3.8) is 0 Å². The molecule has 130 valence electrons. The van der Waals surface area contributed by atoms with Crippen molar-refractivity contribution >= 4 is 22.6 Å². The fraction of sp³-hybridized carbons (Fsp3) is 0.895. The summed E-state index contributed by atoms with van der Waals surface area (Å²) in [5, 5.41) is 31.7. The Balaban J connectivity index is 1.73. The van der Waals surface area contributed by atoms with E-state index in [0.717, 1.165) is 38.5 Å². The summed E-state index contributed by atoms with van der Waals surface area (Å²) in [4.78, 5) is 0. The van der Waals surface area contributed by atoms with Crippen LogP contribution in [-0.2, 0) is 0 Å².